The standard InChI is InChI=1S/C18H36N2/c1-2-4-7-12-18(13-8-5-3-1)20-16-10-6-9-14-19-15-11-17-20/h18-19H,1-17H2. The summed E-state index contributed by atoms with van der Waals surface area (Å²) in [6.45, 7) is 5.16. The molecule has 1 saturated carbocycles. The predicted molar refractivity (Wildman–Crippen MR) is 88.3 cm³/mol. The molecule has 0 bridgehead atoms. The van der Waals surface area contributed by atoms with Crippen LogP contribution in [0.3, 0.4) is 0 Å². The van der Waals surface area contributed by atoms with Crippen LogP contribution in [0.2, 0.25) is 0 Å². The van der Waals surface area contributed by atoms with E-state index in [0.29, 0.717) is 0 Å². The summed E-state index contributed by atoms with van der Waals surface area (Å²) >= 11 is 0. The van der Waals surface area contributed by atoms with Crippen molar-refractivity contribution in [3.05, 3.63) is 0 Å². The molecule has 0 aromatic carbocycles. The first kappa shape index (κ1) is 16.3. The summed E-state index contributed by atoms with van der Waals surface area (Å²) in [4.78, 5) is 2.86. The van der Waals surface area contributed by atoms with Gasteiger partial charge in [-0.1, -0.05) is 51.4 Å². The Morgan fingerprint density at radius 2 is 1.10 bits per heavy atom. The maximum Gasteiger partial charge on any atom is 0.00952 e. The molecule has 20 heavy (non-hydrogen) atoms. The van der Waals surface area contributed by atoms with Crippen molar-refractivity contribution in [2.24, 2.45) is 0 Å². The minimum absolute atomic E-state index is 0.896. The summed E-state index contributed by atoms with van der Waals surface area (Å²) in [7, 11) is 0. The normalized spacial score (nSPS) is 27.0. The molecule has 0 atom stereocenters. The zero-order valence-corrected chi connectivity index (χ0v) is 13.5. The van der Waals surface area contributed by atoms with Gasteiger partial charge in [-0.05, 0) is 58.3 Å². The Morgan fingerprint density at radius 3 is 1.85 bits per heavy atom. The van der Waals surface area contributed by atoms with Gasteiger partial charge in [0.05, 0.1) is 0 Å². The SMILES string of the molecule is C1CCCCC(N2CCCCCNCCC2)CCCC1. The molecule has 0 radical (unpaired) electrons. The van der Waals surface area contributed by atoms with Crippen molar-refractivity contribution in [3.63, 3.8) is 0 Å². The highest BCUT2D eigenvalue weighted by Crippen LogP contribution is 2.21. The second-order valence-corrected chi connectivity index (χ2v) is 6.91. The van der Waals surface area contributed by atoms with Crippen LogP contribution in [0, 0.1) is 0 Å². The minimum atomic E-state index is 0.896. The second kappa shape index (κ2) is 10.6. The van der Waals surface area contributed by atoms with Crippen LogP contribution in [0.4, 0.5) is 0 Å². The van der Waals surface area contributed by atoms with Crippen LogP contribution < -0.4 is 5.32 Å². The van der Waals surface area contributed by atoms with E-state index in [9.17, 15) is 0 Å². The molecule has 1 aliphatic heterocycles. The number of hydrogen-bond donors (Lipinski definition) is 1. The number of nitrogens with zero attached hydrogens (tertiary/aromatic N) is 1. The summed E-state index contributed by atoms with van der Waals surface area (Å²) in [5, 5.41) is 3.59. The summed E-state index contributed by atoms with van der Waals surface area (Å²) in [6, 6.07) is 0.896. The van der Waals surface area contributed by atoms with Crippen LogP contribution in [0.25, 0.3) is 0 Å². The largest absolute Gasteiger partial charge is 0.317 e. The Labute approximate surface area is 126 Å². The lowest BCUT2D eigenvalue weighted by Gasteiger charge is -2.33. The third-order valence-corrected chi connectivity index (χ3v) is 5.19. The molecular weight excluding hydrogens is 244 g/mol. The molecule has 1 aliphatic carbocycles. The molecular formula is C18H36N2. The van der Waals surface area contributed by atoms with Crippen LogP contribution in [-0.2, 0) is 0 Å². The van der Waals surface area contributed by atoms with Gasteiger partial charge in [-0.15, -0.1) is 0 Å². The maximum atomic E-state index is 3.59. The number of rotatable bonds is 1. The fraction of sp³-hybridized carbons (Fsp3) is 1.00. The van der Waals surface area contributed by atoms with Gasteiger partial charge in [-0.25, -0.2) is 0 Å². The Balaban J connectivity index is 1.81. The molecule has 2 aliphatic rings. The van der Waals surface area contributed by atoms with E-state index in [2.05, 4.69) is 10.2 Å². The summed E-state index contributed by atoms with van der Waals surface area (Å²) in [6.07, 6.45) is 18.8. The molecule has 2 nitrogen and oxygen atoms in total. The van der Waals surface area contributed by atoms with Crippen molar-refractivity contribution in [2.75, 3.05) is 26.2 Å². The first-order valence-corrected chi connectivity index (χ1v) is 9.41. The van der Waals surface area contributed by atoms with Crippen LogP contribution >= 0.6 is 0 Å². The highest BCUT2D eigenvalue weighted by Gasteiger charge is 2.18. The summed E-state index contributed by atoms with van der Waals surface area (Å²) in [5.74, 6) is 0. The van der Waals surface area contributed by atoms with Gasteiger partial charge in [0.25, 0.3) is 0 Å². The van der Waals surface area contributed by atoms with Gasteiger partial charge in [0.1, 0.15) is 0 Å². The highest BCUT2D eigenvalue weighted by molar-refractivity contribution is 4.74. The Hall–Kier alpha value is -0.0800. The third kappa shape index (κ3) is 6.58. The molecule has 0 amide bonds. The van der Waals surface area contributed by atoms with Crippen molar-refractivity contribution in [1.29, 1.82) is 0 Å². The van der Waals surface area contributed by atoms with Gasteiger partial charge in [-0.3, -0.25) is 0 Å². The van der Waals surface area contributed by atoms with E-state index < -0.39 is 0 Å². The minimum Gasteiger partial charge on any atom is -0.317 e. The number of hydrogen-bond acceptors (Lipinski definition) is 2. The Bertz CT molecular complexity index is 185. The average Bonchev–Trinajstić information content (AvgIpc) is 2.50. The maximum absolute atomic E-state index is 3.59. The van der Waals surface area contributed by atoms with Crippen molar-refractivity contribution in [3.8, 4) is 0 Å². The van der Waals surface area contributed by atoms with Gasteiger partial charge < -0.3 is 10.2 Å². The zero-order valence-electron chi connectivity index (χ0n) is 13.5. The second-order valence-electron chi connectivity index (χ2n) is 6.91. The van der Waals surface area contributed by atoms with Gasteiger partial charge in [0.15, 0.2) is 0 Å². The van der Waals surface area contributed by atoms with Gasteiger partial charge in [-0.2, -0.15) is 0 Å². The smallest absolute Gasteiger partial charge is 0.00952 e. The van der Waals surface area contributed by atoms with E-state index in [0.717, 1.165) is 6.04 Å². The van der Waals surface area contributed by atoms with E-state index in [1.807, 2.05) is 0 Å². The topological polar surface area (TPSA) is 15.3 Å². The Morgan fingerprint density at radius 1 is 0.550 bits per heavy atom. The molecule has 118 valence electrons. The van der Waals surface area contributed by atoms with Crippen LogP contribution in [0.1, 0.15) is 83.5 Å². The van der Waals surface area contributed by atoms with Crippen molar-refractivity contribution in [1.82, 2.24) is 10.2 Å². The van der Waals surface area contributed by atoms with Crippen LogP contribution in [-0.4, -0.2) is 37.1 Å². The highest BCUT2D eigenvalue weighted by atomic mass is 15.2. The molecule has 0 aromatic rings. The lowest BCUT2D eigenvalue weighted by molar-refractivity contribution is 0.161. The third-order valence-electron chi connectivity index (χ3n) is 5.19. The van der Waals surface area contributed by atoms with E-state index in [-0.39, 0.29) is 0 Å². The van der Waals surface area contributed by atoms with Crippen molar-refractivity contribution < 1.29 is 0 Å². The van der Waals surface area contributed by atoms with Gasteiger partial charge >= 0.3 is 0 Å². The summed E-state index contributed by atoms with van der Waals surface area (Å²) in [5.41, 5.74) is 0. The molecule has 0 spiro atoms. The lowest BCUT2D eigenvalue weighted by atomic mass is 9.96. The molecule has 0 aromatic heterocycles. The lowest BCUT2D eigenvalue weighted by Crippen LogP contribution is -2.38. The fourth-order valence-corrected chi connectivity index (χ4v) is 3.90. The van der Waals surface area contributed by atoms with E-state index in [4.69, 9.17) is 0 Å². The molecule has 1 N–H and O–H groups in total. The van der Waals surface area contributed by atoms with E-state index in [1.54, 1.807) is 0 Å². The van der Waals surface area contributed by atoms with Crippen LogP contribution in [0.15, 0.2) is 0 Å². The molecule has 2 fully saturated rings. The predicted octanol–water partition coefficient (Wildman–Crippen LogP) is 4.35. The van der Waals surface area contributed by atoms with E-state index >= 15 is 0 Å². The van der Waals surface area contributed by atoms with E-state index in [1.165, 1.54) is 110 Å². The van der Waals surface area contributed by atoms with Gasteiger partial charge in [0, 0.05) is 6.04 Å². The van der Waals surface area contributed by atoms with Crippen molar-refractivity contribution >= 4 is 0 Å². The quantitative estimate of drug-likeness (QED) is 0.768. The van der Waals surface area contributed by atoms with Gasteiger partial charge in [0.2, 0.25) is 0 Å². The summed E-state index contributed by atoms with van der Waals surface area (Å²) < 4.78 is 0. The first-order chi connectivity index (χ1) is 9.97. The molecule has 2 rings (SSSR count). The molecule has 1 heterocycles. The molecule has 1 saturated heterocycles. The fourth-order valence-electron chi connectivity index (χ4n) is 3.90. The zero-order chi connectivity index (χ0) is 13.9. The van der Waals surface area contributed by atoms with Crippen molar-refractivity contribution in [2.45, 2.75) is 89.5 Å². The number of nitrogens with one attached hydrogen (secondary N) is 1. The monoisotopic (exact) mass is 280 g/mol. The molecule has 2 heteroatoms. The first-order valence-electron chi connectivity index (χ1n) is 9.41. The Kier molecular flexibility index (Phi) is 8.65. The molecule has 0 unspecified atom stereocenters. The average molecular weight is 280 g/mol. The van der Waals surface area contributed by atoms with Crippen LogP contribution in [0.5, 0.6) is 0 Å².